The molecule has 0 atom stereocenters. The van der Waals surface area contributed by atoms with Crippen molar-refractivity contribution in [1.29, 1.82) is 0 Å². The third-order valence-corrected chi connectivity index (χ3v) is 7.13. The Bertz CT molecular complexity index is 901. The van der Waals surface area contributed by atoms with Gasteiger partial charge in [0.25, 0.3) is 0 Å². The van der Waals surface area contributed by atoms with Crippen molar-refractivity contribution < 1.29 is 33.4 Å². The number of hydrogen-bond acceptors (Lipinski definition) is 5. The van der Waals surface area contributed by atoms with E-state index in [2.05, 4.69) is 10.3 Å². The van der Waals surface area contributed by atoms with Gasteiger partial charge >= 0.3 is 15.2 Å². The first-order valence-electron chi connectivity index (χ1n) is 7.91. The fourth-order valence-corrected chi connectivity index (χ4v) is 4.51. The molecule has 11 heteroatoms. The molecule has 5 N–H and O–H groups in total. The molecule has 148 valence electrons. The fourth-order valence-electron chi connectivity index (χ4n) is 2.36. The molecule has 0 aliphatic rings. The molecule has 1 aromatic carbocycles. The Balaban J connectivity index is 2.32. The van der Waals surface area contributed by atoms with Gasteiger partial charge in [0.1, 0.15) is 6.61 Å². The monoisotopic (exact) mass is 416 g/mol. The summed E-state index contributed by atoms with van der Waals surface area (Å²) < 4.78 is 28.7. The number of nitrogens with zero attached hydrogens (tertiary/aromatic N) is 1. The highest BCUT2D eigenvalue weighted by atomic mass is 31.2. The van der Waals surface area contributed by atoms with Crippen LogP contribution in [0.25, 0.3) is 0 Å². The minimum atomic E-state index is -5.16. The summed E-state index contributed by atoms with van der Waals surface area (Å²) >= 11 is 0. The van der Waals surface area contributed by atoms with Crippen LogP contribution in [0, 0.1) is 20.8 Å². The molecule has 2 aromatic rings. The Hall–Kier alpha value is -1.73. The molecule has 0 amide bonds. The van der Waals surface area contributed by atoms with Crippen molar-refractivity contribution in [3.05, 3.63) is 52.7 Å². The number of anilines is 1. The highest BCUT2D eigenvalue weighted by Crippen LogP contribution is 2.59. The maximum Gasteiger partial charge on any atom is 0.360 e. The summed E-state index contributed by atoms with van der Waals surface area (Å²) in [4.78, 5) is 41.3. The van der Waals surface area contributed by atoms with Gasteiger partial charge < -0.3 is 29.6 Å². The standard InChI is InChI=1S/C16H22N2O7P2/c1-10-4-5-11(2)13(8-10)9-25-14-7-6-12(3)17-15(14)18-16(26(19,20)21)27(22,23)24/h4-8,16H,9H2,1-3H3,(H,17,18)(H2,19,20,21)(H2,22,23,24). The van der Waals surface area contributed by atoms with Crippen LogP contribution in [0.5, 0.6) is 5.75 Å². The molecule has 27 heavy (non-hydrogen) atoms. The van der Waals surface area contributed by atoms with Crippen LogP contribution in [0.15, 0.2) is 30.3 Å². The zero-order valence-corrected chi connectivity index (χ0v) is 16.8. The molecule has 1 heterocycles. The lowest BCUT2D eigenvalue weighted by atomic mass is 10.1. The van der Waals surface area contributed by atoms with Crippen molar-refractivity contribution in [3.8, 4) is 5.75 Å². The Morgan fingerprint density at radius 3 is 2.26 bits per heavy atom. The van der Waals surface area contributed by atoms with Gasteiger partial charge in [-0.05, 0) is 44.0 Å². The van der Waals surface area contributed by atoms with Crippen LogP contribution in [-0.4, -0.2) is 30.1 Å². The van der Waals surface area contributed by atoms with Crippen molar-refractivity contribution >= 4 is 21.0 Å². The number of aryl methyl sites for hydroxylation is 3. The first-order valence-corrected chi connectivity index (χ1v) is 11.3. The second kappa shape index (κ2) is 8.10. The molecule has 2 rings (SSSR count). The van der Waals surface area contributed by atoms with Gasteiger partial charge in [0.05, 0.1) is 0 Å². The molecule has 0 aliphatic carbocycles. The van der Waals surface area contributed by atoms with Crippen LogP contribution >= 0.6 is 15.2 Å². The Morgan fingerprint density at radius 1 is 1.04 bits per heavy atom. The summed E-state index contributed by atoms with van der Waals surface area (Å²) in [5.41, 5.74) is 1.01. The Kier molecular flexibility index (Phi) is 6.47. The van der Waals surface area contributed by atoms with Gasteiger partial charge in [0, 0.05) is 5.69 Å². The van der Waals surface area contributed by atoms with E-state index >= 15 is 0 Å². The third kappa shape index (κ3) is 5.87. The SMILES string of the molecule is Cc1ccc(C)c(COc2ccc(C)nc2NC(P(=O)(O)O)P(=O)(O)O)c1. The predicted octanol–water partition coefficient (Wildman–Crippen LogP) is 2.64. The largest absolute Gasteiger partial charge is 0.485 e. The second-order valence-electron chi connectivity index (χ2n) is 6.21. The summed E-state index contributed by atoms with van der Waals surface area (Å²) in [5.74, 6) is -0.0367. The van der Waals surface area contributed by atoms with E-state index in [1.54, 1.807) is 13.0 Å². The first-order chi connectivity index (χ1) is 12.4. The van der Waals surface area contributed by atoms with Gasteiger partial charge in [-0.25, -0.2) is 4.98 Å². The van der Waals surface area contributed by atoms with Gasteiger partial charge in [-0.3, -0.25) is 9.13 Å². The quantitative estimate of drug-likeness (QED) is 0.429. The summed E-state index contributed by atoms with van der Waals surface area (Å²) in [7, 11) is -10.3. The number of aromatic nitrogens is 1. The lowest BCUT2D eigenvalue weighted by Gasteiger charge is -2.22. The van der Waals surface area contributed by atoms with E-state index in [-0.39, 0.29) is 18.2 Å². The van der Waals surface area contributed by atoms with Crippen molar-refractivity contribution in [1.82, 2.24) is 4.98 Å². The van der Waals surface area contributed by atoms with E-state index in [0.29, 0.717) is 5.69 Å². The zero-order valence-electron chi connectivity index (χ0n) is 15.0. The summed E-state index contributed by atoms with van der Waals surface area (Å²) in [6, 6.07) is 8.99. The number of pyridine rings is 1. The average Bonchev–Trinajstić information content (AvgIpc) is 2.52. The second-order valence-corrected chi connectivity index (χ2v) is 10.0. The van der Waals surface area contributed by atoms with E-state index in [9.17, 15) is 28.7 Å². The molecular weight excluding hydrogens is 394 g/mol. The number of hydrogen-bond donors (Lipinski definition) is 5. The minimum Gasteiger partial charge on any atom is -0.485 e. The van der Waals surface area contributed by atoms with Crippen LogP contribution < -0.4 is 10.1 Å². The molecule has 0 unspecified atom stereocenters. The number of nitrogens with one attached hydrogen (secondary N) is 1. The molecule has 0 saturated heterocycles. The summed E-state index contributed by atoms with van der Waals surface area (Å²) in [5, 5.41) is 2.17. The normalized spacial score (nSPS) is 12.3. The minimum absolute atomic E-state index is 0.119. The molecule has 0 saturated carbocycles. The number of ether oxygens (including phenoxy) is 1. The molecule has 0 aliphatic heterocycles. The molecule has 0 radical (unpaired) electrons. The van der Waals surface area contributed by atoms with Gasteiger partial charge in [0.15, 0.2) is 11.6 Å². The zero-order chi connectivity index (χ0) is 20.4. The van der Waals surface area contributed by atoms with E-state index in [1.807, 2.05) is 32.0 Å². The molecule has 0 fully saturated rings. The third-order valence-electron chi connectivity index (χ3n) is 3.79. The highest BCUT2D eigenvalue weighted by molar-refractivity contribution is 7.71. The maximum atomic E-state index is 11.5. The number of benzene rings is 1. The van der Waals surface area contributed by atoms with Gasteiger partial charge in [-0.15, -0.1) is 0 Å². The van der Waals surface area contributed by atoms with Crippen molar-refractivity contribution in [2.45, 2.75) is 32.9 Å². The molecule has 0 spiro atoms. The summed E-state index contributed by atoms with van der Waals surface area (Å²) in [6.45, 7) is 5.64. The maximum absolute atomic E-state index is 11.5. The first kappa shape index (κ1) is 21.6. The summed E-state index contributed by atoms with van der Waals surface area (Å²) in [6.07, 6.45) is 0. The van der Waals surface area contributed by atoms with Crippen LogP contribution in [0.3, 0.4) is 0 Å². The smallest absolute Gasteiger partial charge is 0.360 e. The molecular formula is C16H22N2O7P2. The lowest BCUT2D eigenvalue weighted by molar-refractivity contribution is 0.305. The van der Waals surface area contributed by atoms with Crippen LogP contribution in [0.1, 0.15) is 22.4 Å². The van der Waals surface area contributed by atoms with Crippen LogP contribution in [-0.2, 0) is 15.7 Å². The lowest BCUT2D eigenvalue weighted by Crippen LogP contribution is -2.21. The van der Waals surface area contributed by atoms with Gasteiger partial charge in [-0.2, -0.15) is 0 Å². The number of rotatable bonds is 7. The molecule has 0 bridgehead atoms. The van der Waals surface area contributed by atoms with Crippen molar-refractivity contribution in [3.63, 3.8) is 0 Å². The van der Waals surface area contributed by atoms with E-state index < -0.39 is 20.7 Å². The predicted molar refractivity (Wildman–Crippen MR) is 101 cm³/mol. The van der Waals surface area contributed by atoms with Crippen molar-refractivity contribution in [2.75, 3.05) is 5.32 Å². The highest BCUT2D eigenvalue weighted by Gasteiger charge is 2.44. The fraction of sp³-hybridized carbons (Fsp3) is 0.312. The molecule has 1 aromatic heterocycles. The van der Waals surface area contributed by atoms with Crippen LogP contribution in [0.4, 0.5) is 5.82 Å². The topological polar surface area (TPSA) is 149 Å². The Morgan fingerprint density at radius 2 is 1.67 bits per heavy atom. The molecule has 9 nitrogen and oxygen atoms in total. The van der Waals surface area contributed by atoms with Gasteiger partial charge in [0.2, 0.25) is 5.52 Å². The van der Waals surface area contributed by atoms with Crippen LogP contribution in [0.2, 0.25) is 0 Å². The van der Waals surface area contributed by atoms with E-state index in [0.717, 1.165) is 16.7 Å². The van der Waals surface area contributed by atoms with E-state index in [4.69, 9.17) is 4.74 Å². The van der Waals surface area contributed by atoms with E-state index in [1.165, 1.54) is 6.07 Å². The average molecular weight is 416 g/mol. The Labute approximate surface area is 156 Å². The van der Waals surface area contributed by atoms with Crippen molar-refractivity contribution in [2.24, 2.45) is 0 Å². The van der Waals surface area contributed by atoms with Gasteiger partial charge in [-0.1, -0.05) is 23.8 Å².